The van der Waals surface area contributed by atoms with Gasteiger partial charge >= 0.3 is 5.97 Å². The van der Waals surface area contributed by atoms with Crippen LogP contribution in [0.5, 0.6) is 0 Å². The fourth-order valence-electron chi connectivity index (χ4n) is 3.09. The molecule has 0 radical (unpaired) electrons. The van der Waals surface area contributed by atoms with Crippen LogP contribution < -0.4 is 0 Å². The summed E-state index contributed by atoms with van der Waals surface area (Å²) in [4.78, 5) is 26.2. The lowest BCUT2D eigenvalue weighted by Gasteiger charge is -2.39. The minimum absolute atomic E-state index is 0.337. The molecule has 1 atom stereocenters. The van der Waals surface area contributed by atoms with Crippen molar-refractivity contribution in [1.82, 2.24) is 9.47 Å². The van der Waals surface area contributed by atoms with E-state index in [-0.39, 0.29) is 5.91 Å². The highest BCUT2D eigenvalue weighted by Crippen LogP contribution is 2.32. The van der Waals surface area contributed by atoms with Crippen molar-refractivity contribution in [3.05, 3.63) is 24.0 Å². The number of carbonyl (C=O) groups is 2. The standard InChI is InChI=1S/C17H23N3O3/c1-13(23-16(22)14-8-7-11-19(14)2)15(21)20(3)17(12-18)9-5-4-6-10-17/h7-8,11,13H,4-6,9-10H2,1-3H3/t13-/m0/s1. The minimum Gasteiger partial charge on any atom is -0.448 e. The Morgan fingerprint density at radius 2 is 2.04 bits per heavy atom. The molecule has 2 rings (SSSR count). The van der Waals surface area contributed by atoms with Crippen LogP contribution in [0.2, 0.25) is 0 Å². The second-order valence-electron chi connectivity index (χ2n) is 6.15. The Morgan fingerprint density at radius 3 is 2.57 bits per heavy atom. The molecule has 1 aliphatic carbocycles. The summed E-state index contributed by atoms with van der Waals surface area (Å²) in [6, 6.07) is 5.68. The smallest absolute Gasteiger partial charge is 0.355 e. The van der Waals surface area contributed by atoms with E-state index in [2.05, 4.69) is 6.07 Å². The second kappa shape index (κ2) is 6.86. The van der Waals surface area contributed by atoms with Crippen LogP contribution in [0.25, 0.3) is 0 Å². The van der Waals surface area contributed by atoms with Gasteiger partial charge in [-0.25, -0.2) is 4.79 Å². The molecule has 0 unspecified atom stereocenters. The molecule has 1 amide bonds. The average Bonchev–Trinajstić information content (AvgIpc) is 3.00. The monoisotopic (exact) mass is 317 g/mol. The molecule has 6 nitrogen and oxygen atoms in total. The van der Waals surface area contributed by atoms with Crippen LogP contribution in [0.3, 0.4) is 0 Å². The van der Waals surface area contributed by atoms with E-state index in [1.54, 1.807) is 43.9 Å². The van der Waals surface area contributed by atoms with Crippen molar-refractivity contribution in [2.45, 2.75) is 50.7 Å². The normalized spacial score (nSPS) is 17.8. The van der Waals surface area contributed by atoms with E-state index in [1.165, 1.54) is 4.90 Å². The highest BCUT2D eigenvalue weighted by atomic mass is 16.5. The van der Waals surface area contributed by atoms with Crippen LogP contribution in [0.4, 0.5) is 0 Å². The van der Waals surface area contributed by atoms with Crippen molar-refractivity contribution in [2.24, 2.45) is 7.05 Å². The van der Waals surface area contributed by atoms with Gasteiger partial charge in [0.2, 0.25) is 0 Å². The summed E-state index contributed by atoms with van der Waals surface area (Å²) < 4.78 is 6.92. The largest absolute Gasteiger partial charge is 0.448 e. The maximum atomic E-state index is 12.6. The molecule has 1 aromatic rings. The molecule has 124 valence electrons. The topological polar surface area (TPSA) is 75.3 Å². The molecular weight excluding hydrogens is 294 g/mol. The summed E-state index contributed by atoms with van der Waals surface area (Å²) in [5, 5.41) is 9.56. The summed E-state index contributed by atoms with van der Waals surface area (Å²) in [7, 11) is 3.37. The van der Waals surface area contributed by atoms with Gasteiger partial charge in [-0.05, 0) is 31.9 Å². The molecule has 0 N–H and O–H groups in total. The molecule has 0 aliphatic heterocycles. The second-order valence-corrected chi connectivity index (χ2v) is 6.15. The lowest BCUT2D eigenvalue weighted by Crippen LogP contribution is -2.53. The highest BCUT2D eigenvalue weighted by Gasteiger charge is 2.40. The lowest BCUT2D eigenvalue weighted by atomic mass is 9.81. The zero-order valence-electron chi connectivity index (χ0n) is 13.9. The third-order valence-electron chi connectivity index (χ3n) is 4.65. The summed E-state index contributed by atoms with van der Waals surface area (Å²) >= 11 is 0. The van der Waals surface area contributed by atoms with Crippen LogP contribution in [0.15, 0.2) is 18.3 Å². The summed E-state index contributed by atoms with van der Waals surface area (Å²) in [6.07, 6.45) is 5.11. The summed E-state index contributed by atoms with van der Waals surface area (Å²) in [5.41, 5.74) is -0.388. The third-order valence-corrected chi connectivity index (χ3v) is 4.65. The Morgan fingerprint density at radius 1 is 1.39 bits per heavy atom. The number of amides is 1. The van der Waals surface area contributed by atoms with E-state index >= 15 is 0 Å². The molecule has 1 aromatic heterocycles. The van der Waals surface area contributed by atoms with Gasteiger partial charge in [-0.1, -0.05) is 19.3 Å². The van der Waals surface area contributed by atoms with Gasteiger partial charge in [0.25, 0.3) is 5.91 Å². The van der Waals surface area contributed by atoms with Crippen molar-refractivity contribution < 1.29 is 14.3 Å². The minimum atomic E-state index is -0.922. The zero-order chi connectivity index (χ0) is 17.0. The van der Waals surface area contributed by atoms with Gasteiger partial charge in [-0.2, -0.15) is 5.26 Å². The SMILES string of the molecule is C[C@H](OC(=O)c1cccn1C)C(=O)N(C)C1(C#N)CCCCC1. The molecule has 0 bridgehead atoms. The number of carbonyl (C=O) groups excluding carboxylic acids is 2. The lowest BCUT2D eigenvalue weighted by molar-refractivity contribution is -0.143. The molecule has 0 spiro atoms. The van der Waals surface area contributed by atoms with Crippen LogP contribution in [-0.2, 0) is 16.6 Å². The molecule has 1 saturated carbocycles. The van der Waals surface area contributed by atoms with E-state index in [0.717, 1.165) is 19.3 Å². The van der Waals surface area contributed by atoms with Crippen LogP contribution >= 0.6 is 0 Å². The van der Waals surface area contributed by atoms with E-state index < -0.39 is 17.6 Å². The van der Waals surface area contributed by atoms with Crippen molar-refractivity contribution in [3.63, 3.8) is 0 Å². The Hall–Kier alpha value is -2.29. The van der Waals surface area contributed by atoms with Crippen LogP contribution in [-0.4, -0.2) is 40.0 Å². The molecule has 1 fully saturated rings. The van der Waals surface area contributed by atoms with Gasteiger partial charge in [0, 0.05) is 20.3 Å². The molecule has 0 saturated heterocycles. The summed E-state index contributed by atoms with van der Waals surface area (Å²) in [6.45, 7) is 1.55. The Balaban J connectivity index is 2.05. The number of ether oxygens (including phenoxy) is 1. The number of aromatic nitrogens is 1. The van der Waals surface area contributed by atoms with E-state index in [4.69, 9.17) is 4.74 Å². The van der Waals surface area contributed by atoms with Gasteiger partial charge in [-0.15, -0.1) is 0 Å². The van der Waals surface area contributed by atoms with Gasteiger partial charge in [0.15, 0.2) is 6.10 Å². The van der Waals surface area contributed by atoms with Gasteiger partial charge in [0.05, 0.1) is 6.07 Å². The number of likely N-dealkylation sites (N-methyl/N-ethyl adjacent to an activating group) is 1. The van der Waals surface area contributed by atoms with Gasteiger partial charge in [-0.3, -0.25) is 4.79 Å². The summed E-state index contributed by atoms with van der Waals surface area (Å²) in [5.74, 6) is -0.877. The van der Waals surface area contributed by atoms with E-state index in [9.17, 15) is 14.9 Å². The highest BCUT2D eigenvalue weighted by molar-refractivity contribution is 5.91. The first-order chi connectivity index (χ1) is 10.9. The number of hydrogen-bond donors (Lipinski definition) is 0. The van der Waals surface area contributed by atoms with Crippen molar-refractivity contribution >= 4 is 11.9 Å². The van der Waals surface area contributed by atoms with E-state index in [0.29, 0.717) is 18.5 Å². The number of esters is 1. The quantitative estimate of drug-likeness (QED) is 0.798. The molecular formula is C17H23N3O3. The maximum Gasteiger partial charge on any atom is 0.355 e. The number of hydrogen-bond acceptors (Lipinski definition) is 4. The van der Waals surface area contributed by atoms with Crippen LogP contribution in [0, 0.1) is 11.3 Å². The predicted octanol–water partition coefficient (Wildman–Crippen LogP) is 2.26. The van der Waals surface area contributed by atoms with Crippen molar-refractivity contribution in [2.75, 3.05) is 7.05 Å². The number of nitrogens with zero attached hydrogens (tertiary/aromatic N) is 3. The average molecular weight is 317 g/mol. The maximum absolute atomic E-state index is 12.6. The van der Waals surface area contributed by atoms with Crippen molar-refractivity contribution in [3.8, 4) is 6.07 Å². The predicted molar refractivity (Wildman–Crippen MR) is 84.5 cm³/mol. The molecule has 1 heterocycles. The fourth-order valence-corrected chi connectivity index (χ4v) is 3.09. The van der Waals surface area contributed by atoms with Crippen LogP contribution in [0.1, 0.15) is 49.5 Å². The number of rotatable bonds is 4. The first-order valence-corrected chi connectivity index (χ1v) is 7.92. The Kier molecular flexibility index (Phi) is 5.09. The molecule has 23 heavy (non-hydrogen) atoms. The zero-order valence-corrected chi connectivity index (χ0v) is 13.9. The fraction of sp³-hybridized carbons (Fsp3) is 0.588. The Bertz CT molecular complexity index is 623. The molecule has 0 aromatic carbocycles. The molecule has 6 heteroatoms. The molecule has 1 aliphatic rings. The van der Waals surface area contributed by atoms with Gasteiger partial charge < -0.3 is 14.2 Å². The number of nitriles is 1. The van der Waals surface area contributed by atoms with E-state index in [1.807, 2.05) is 0 Å². The third kappa shape index (κ3) is 3.39. The number of aryl methyl sites for hydroxylation is 1. The first-order valence-electron chi connectivity index (χ1n) is 7.92. The van der Waals surface area contributed by atoms with Gasteiger partial charge in [0.1, 0.15) is 11.2 Å². The Labute approximate surface area is 136 Å². The first kappa shape index (κ1) is 17.1. The van der Waals surface area contributed by atoms with Crippen molar-refractivity contribution in [1.29, 1.82) is 5.26 Å².